The van der Waals surface area contributed by atoms with E-state index >= 15 is 0 Å². The highest BCUT2D eigenvalue weighted by molar-refractivity contribution is 4.95. The highest BCUT2D eigenvalue weighted by Crippen LogP contribution is 2.31. The van der Waals surface area contributed by atoms with Gasteiger partial charge in [-0.15, -0.1) is 0 Å². The Morgan fingerprint density at radius 2 is 1.89 bits per heavy atom. The van der Waals surface area contributed by atoms with Gasteiger partial charge < -0.3 is 5.32 Å². The SMILES string of the molecule is CCNC1CCC(C)CC1N1CCN2CCCC2C1. The Labute approximate surface area is 118 Å². The summed E-state index contributed by atoms with van der Waals surface area (Å²) in [5.41, 5.74) is 0. The zero-order chi connectivity index (χ0) is 13.2. The smallest absolute Gasteiger partial charge is 0.0253 e. The van der Waals surface area contributed by atoms with Crippen molar-refractivity contribution < 1.29 is 0 Å². The van der Waals surface area contributed by atoms with E-state index in [1.165, 1.54) is 58.3 Å². The number of rotatable bonds is 3. The maximum atomic E-state index is 3.76. The van der Waals surface area contributed by atoms with Gasteiger partial charge in [0.05, 0.1) is 0 Å². The van der Waals surface area contributed by atoms with Crippen molar-refractivity contribution in [2.45, 2.75) is 64.1 Å². The van der Waals surface area contributed by atoms with Crippen LogP contribution in [0.2, 0.25) is 0 Å². The molecule has 4 atom stereocenters. The van der Waals surface area contributed by atoms with Crippen molar-refractivity contribution in [3.05, 3.63) is 0 Å². The molecular weight excluding hydrogens is 234 g/mol. The lowest BCUT2D eigenvalue weighted by atomic mass is 9.82. The van der Waals surface area contributed by atoms with E-state index in [9.17, 15) is 0 Å². The average Bonchev–Trinajstić information content (AvgIpc) is 2.88. The van der Waals surface area contributed by atoms with Crippen LogP contribution >= 0.6 is 0 Å². The molecule has 1 aliphatic carbocycles. The van der Waals surface area contributed by atoms with E-state index in [4.69, 9.17) is 0 Å². The lowest BCUT2D eigenvalue weighted by Crippen LogP contribution is -2.60. The van der Waals surface area contributed by atoms with Crippen LogP contribution in [0.15, 0.2) is 0 Å². The van der Waals surface area contributed by atoms with Crippen molar-refractivity contribution in [1.82, 2.24) is 15.1 Å². The van der Waals surface area contributed by atoms with Crippen molar-refractivity contribution in [3.8, 4) is 0 Å². The molecule has 3 aliphatic rings. The van der Waals surface area contributed by atoms with Crippen molar-refractivity contribution in [1.29, 1.82) is 0 Å². The first-order valence-corrected chi connectivity index (χ1v) is 8.49. The van der Waals surface area contributed by atoms with E-state index in [1.54, 1.807) is 0 Å². The molecule has 0 bridgehead atoms. The molecule has 0 amide bonds. The van der Waals surface area contributed by atoms with Crippen LogP contribution < -0.4 is 5.32 Å². The second kappa shape index (κ2) is 6.11. The van der Waals surface area contributed by atoms with Gasteiger partial charge in [-0.2, -0.15) is 0 Å². The number of piperazine rings is 1. The first-order chi connectivity index (χ1) is 9.28. The van der Waals surface area contributed by atoms with Crippen molar-refractivity contribution in [2.75, 3.05) is 32.7 Å². The van der Waals surface area contributed by atoms with E-state index in [0.29, 0.717) is 0 Å². The Kier molecular flexibility index (Phi) is 4.45. The van der Waals surface area contributed by atoms with E-state index in [1.807, 2.05) is 0 Å². The molecule has 19 heavy (non-hydrogen) atoms. The van der Waals surface area contributed by atoms with Crippen LogP contribution in [0.25, 0.3) is 0 Å². The molecule has 0 aromatic heterocycles. The zero-order valence-electron chi connectivity index (χ0n) is 12.8. The third kappa shape index (κ3) is 2.98. The van der Waals surface area contributed by atoms with Crippen LogP contribution in [0.5, 0.6) is 0 Å². The van der Waals surface area contributed by atoms with Gasteiger partial charge in [-0.1, -0.05) is 13.8 Å². The summed E-state index contributed by atoms with van der Waals surface area (Å²) in [7, 11) is 0. The van der Waals surface area contributed by atoms with Gasteiger partial charge >= 0.3 is 0 Å². The van der Waals surface area contributed by atoms with Crippen LogP contribution in [0.4, 0.5) is 0 Å². The minimum absolute atomic E-state index is 0.745. The van der Waals surface area contributed by atoms with Gasteiger partial charge in [0.25, 0.3) is 0 Å². The van der Waals surface area contributed by atoms with Crippen LogP contribution in [-0.4, -0.2) is 60.6 Å². The van der Waals surface area contributed by atoms with E-state index < -0.39 is 0 Å². The van der Waals surface area contributed by atoms with Crippen LogP contribution in [0, 0.1) is 5.92 Å². The molecule has 2 heterocycles. The van der Waals surface area contributed by atoms with Crippen molar-refractivity contribution >= 4 is 0 Å². The van der Waals surface area contributed by atoms with Crippen LogP contribution in [0.3, 0.4) is 0 Å². The summed E-state index contributed by atoms with van der Waals surface area (Å²) in [6.07, 6.45) is 7.06. The number of nitrogens with zero attached hydrogens (tertiary/aromatic N) is 2. The summed E-state index contributed by atoms with van der Waals surface area (Å²) >= 11 is 0. The highest BCUT2D eigenvalue weighted by atomic mass is 15.3. The number of hydrogen-bond acceptors (Lipinski definition) is 3. The topological polar surface area (TPSA) is 18.5 Å². The molecule has 0 aromatic rings. The van der Waals surface area contributed by atoms with Gasteiger partial charge in [0.1, 0.15) is 0 Å². The minimum Gasteiger partial charge on any atom is -0.313 e. The molecule has 0 radical (unpaired) electrons. The summed E-state index contributed by atoms with van der Waals surface area (Å²) in [5, 5.41) is 3.76. The molecule has 3 rings (SSSR count). The maximum absolute atomic E-state index is 3.76. The first-order valence-electron chi connectivity index (χ1n) is 8.49. The Balaban J connectivity index is 1.64. The van der Waals surface area contributed by atoms with Crippen LogP contribution in [0.1, 0.15) is 46.0 Å². The zero-order valence-corrected chi connectivity index (χ0v) is 12.8. The van der Waals surface area contributed by atoms with E-state index in [0.717, 1.165) is 30.6 Å². The lowest BCUT2D eigenvalue weighted by molar-refractivity contribution is 0.0333. The monoisotopic (exact) mass is 265 g/mol. The Morgan fingerprint density at radius 1 is 1.05 bits per heavy atom. The Bertz CT molecular complexity index is 294. The molecule has 3 heteroatoms. The first kappa shape index (κ1) is 13.8. The summed E-state index contributed by atoms with van der Waals surface area (Å²) in [6.45, 7) is 11.1. The third-order valence-corrected chi connectivity index (χ3v) is 5.63. The van der Waals surface area contributed by atoms with Crippen molar-refractivity contribution in [3.63, 3.8) is 0 Å². The standard InChI is InChI=1S/C16H31N3/c1-3-17-15-7-6-13(2)11-16(15)19-10-9-18-8-4-5-14(18)12-19/h13-17H,3-12H2,1-2H3. The fraction of sp³-hybridized carbons (Fsp3) is 1.00. The largest absolute Gasteiger partial charge is 0.313 e. The summed E-state index contributed by atoms with van der Waals surface area (Å²) < 4.78 is 0. The summed E-state index contributed by atoms with van der Waals surface area (Å²) in [6, 6.07) is 2.41. The van der Waals surface area contributed by atoms with Gasteiger partial charge in [-0.3, -0.25) is 9.80 Å². The Hall–Kier alpha value is -0.120. The highest BCUT2D eigenvalue weighted by Gasteiger charge is 2.38. The van der Waals surface area contributed by atoms with Gasteiger partial charge in [-0.25, -0.2) is 0 Å². The maximum Gasteiger partial charge on any atom is 0.0253 e. The average molecular weight is 265 g/mol. The Morgan fingerprint density at radius 3 is 2.74 bits per heavy atom. The molecular formula is C16H31N3. The van der Waals surface area contributed by atoms with Gasteiger partial charge in [0.2, 0.25) is 0 Å². The summed E-state index contributed by atoms with van der Waals surface area (Å²) in [5.74, 6) is 0.918. The number of likely N-dealkylation sites (N-methyl/N-ethyl adjacent to an activating group) is 1. The van der Waals surface area contributed by atoms with Gasteiger partial charge in [-0.05, 0) is 51.1 Å². The third-order valence-electron chi connectivity index (χ3n) is 5.63. The fourth-order valence-corrected chi connectivity index (χ4v) is 4.57. The lowest BCUT2D eigenvalue weighted by Gasteiger charge is -2.47. The van der Waals surface area contributed by atoms with Crippen LogP contribution in [-0.2, 0) is 0 Å². The fourth-order valence-electron chi connectivity index (χ4n) is 4.57. The van der Waals surface area contributed by atoms with Gasteiger partial charge in [0, 0.05) is 37.8 Å². The molecule has 3 fully saturated rings. The molecule has 0 spiro atoms. The predicted octanol–water partition coefficient (Wildman–Crippen LogP) is 1.93. The predicted molar refractivity (Wildman–Crippen MR) is 80.4 cm³/mol. The number of nitrogens with one attached hydrogen (secondary N) is 1. The summed E-state index contributed by atoms with van der Waals surface area (Å²) in [4.78, 5) is 5.56. The van der Waals surface area contributed by atoms with E-state index in [-0.39, 0.29) is 0 Å². The minimum atomic E-state index is 0.745. The number of fused-ring (bicyclic) bond motifs is 1. The van der Waals surface area contributed by atoms with E-state index in [2.05, 4.69) is 29.0 Å². The number of hydrogen-bond donors (Lipinski definition) is 1. The molecule has 4 unspecified atom stereocenters. The normalized spacial score (nSPS) is 41.4. The van der Waals surface area contributed by atoms with Gasteiger partial charge in [0.15, 0.2) is 0 Å². The van der Waals surface area contributed by atoms with Crippen molar-refractivity contribution in [2.24, 2.45) is 5.92 Å². The molecule has 3 nitrogen and oxygen atoms in total. The second-order valence-corrected chi connectivity index (χ2v) is 6.98. The second-order valence-electron chi connectivity index (χ2n) is 6.98. The molecule has 2 aliphatic heterocycles. The molecule has 110 valence electrons. The molecule has 1 saturated carbocycles. The quantitative estimate of drug-likeness (QED) is 0.841. The molecule has 2 saturated heterocycles. The molecule has 1 N–H and O–H groups in total. The molecule has 0 aromatic carbocycles.